The molecule has 1 aromatic rings. The number of ether oxygens (including phenoxy) is 1. The largest absolute Gasteiger partial charge is 0.463 e. The molecule has 15 heavy (non-hydrogen) atoms. The zero-order chi connectivity index (χ0) is 10.7. The fourth-order valence-electron chi connectivity index (χ4n) is 2.01. The van der Waals surface area contributed by atoms with Gasteiger partial charge in [-0.3, -0.25) is 0 Å². The van der Waals surface area contributed by atoms with Gasteiger partial charge >= 0.3 is 5.97 Å². The van der Waals surface area contributed by atoms with E-state index in [0.717, 1.165) is 18.5 Å². The molecular formula is C11H14N2O2. The molecule has 1 aliphatic rings. The monoisotopic (exact) mass is 206 g/mol. The van der Waals surface area contributed by atoms with Crippen molar-refractivity contribution < 1.29 is 9.53 Å². The van der Waals surface area contributed by atoms with Crippen molar-refractivity contribution in [2.24, 2.45) is 0 Å². The molecule has 80 valence electrons. The van der Waals surface area contributed by atoms with Gasteiger partial charge in [-0.15, -0.1) is 0 Å². The summed E-state index contributed by atoms with van der Waals surface area (Å²) in [6, 6.07) is 1.89. The van der Waals surface area contributed by atoms with Crippen LogP contribution < -0.4 is 0 Å². The molecule has 0 bridgehead atoms. The third-order valence-corrected chi connectivity index (χ3v) is 2.82. The van der Waals surface area contributed by atoms with E-state index in [9.17, 15) is 4.79 Å². The minimum absolute atomic E-state index is 0.168. The van der Waals surface area contributed by atoms with Crippen molar-refractivity contribution in [3.63, 3.8) is 0 Å². The van der Waals surface area contributed by atoms with E-state index in [-0.39, 0.29) is 5.82 Å². The Morgan fingerprint density at radius 1 is 1.47 bits per heavy atom. The van der Waals surface area contributed by atoms with Gasteiger partial charge in [0.2, 0.25) is 5.82 Å². The number of aromatic nitrogens is 2. The molecule has 1 aliphatic carbocycles. The highest BCUT2D eigenvalue weighted by molar-refractivity contribution is 5.84. The lowest BCUT2D eigenvalue weighted by Crippen LogP contribution is -2.09. The fraction of sp³-hybridized carbons (Fsp3) is 0.545. The molecular weight excluding hydrogens is 192 g/mol. The second-order valence-electron chi connectivity index (χ2n) is 3.78. The Hall–Kier alpha value is -1.45. The maximum absolute atomic E-state index is 11.2. The zero-order valence-electron chi connectivity index (χ0n) is 8.77. The van der Waals surface area contributed by atoms with Crippen molar-refractivity contribution in [2.45, 2.75) is 31.6 Å². The molecule has 1 saturated carbocycles. The lowest BCUT2D eigenvalue weighted by molar-refractivity contribution is 0.0586. The number of hydrogen-bond acceptors (Lipinski definition) is 4. The molecule has 0 saturated heterocycles. The van der Waals surface area contributed by atoms with Crippen molar-refractivity contribution in [1.29, 1.82) is 0 Å². The molecule has 0 N–H and O–H groups in total. The first-order valence-electron chi connectivity index (χ1n) is 5.22. The summed E-state index contributed by atoms with van der Waals surface area (Å²) in [5.41, 5.74) is 0.975. The fourth-order valence-corrected chi connectivity index (χ4v) is 2.01. The van der Waals surface area contributed by atoms with Crippen LogP contribution in [0.5, 0.6) is 0 Å². The Morgan fingerprint density at radius 3 is 2.87 bits per heavy atom. The summed E-state index contributed by atoms with van der Waals surface area (Å²) in [7, 11) is 1.34. The second-order valence-corrected chi connectivity index (χ2v) is 3.78. The first-order chi connectivity index (χ1) is 7.31. The highest BCUT2D eigenvalue weighted by Gasteiger charge is 2.20. The van der Waals surface area contributed by atoms with Crippen molar-refractivity contribution >= 4 is 5.97 Å². The minimum Gasteiger partial charge on any atom is -0.463 e. The van der Waals surface area contributed by atoms with Crippen LogP contribution in [0.3, 0.4) is 0 Å². The maximum Gasteiger partial charge on any atom is 0.376 e. The average molecular weight is 206 g/mol. The highest BCUT2D eigenvalue weighted by atomic mass is 16.5. The van der Waals surface area contributed by atoms with E-state index in [0.29, 0.717) is 5.92 Å². The molecule has 1 heterocycles. The first kappa shape index (κ1) is 10.1. The summed E-state index contributed by atoms with van der Waals surface area (Å²) in [6.07, 6.45) is 6.46. The summed E-state index contributed by atoms with van der Waals surface area (Å²) >= 11 is 0. The number of carbonyl (C=O) groups is 1. The summed E-state index contributed by atoms with van der Waals surface area (Å²) in [4.78, 5) is 19.4. The maximum atomic E-state index is 11.2. The van der Waals surface area contributed by atoms with E-state index < -0.39 is 5.97 Å². The van der Waals surface area contributed by atoms with Crippen LogP contribution in [0.1, 0.15) is 47.9 Å². The van der Waals surface area contributed by atoms with E-state index >= 15 is 0 Å². The Morgan fingerprint density at radius 2 is 2.20 bits per heavy atom. The van der Waals surface area contributed by atoms with Gasteiger partial charge in [0.1, 0.15) is 0 Å². The van der Waals surface area contributed by atoms with Gasteiger partial charge in [-0.25, -0.2) is 14.8 Å². The van der Waals surface area contributed by atoms with Gasteiger partial charge in [-0.1, -0.05) is 12.8 Å². The minimum atomic E-state index is -0.463. The number of nitrogens with zero attached hydrogens (tertiary/aromatic N) is 2. The molecule has 0 amide bonds. The van der Waals surface area contributed by atoms with Gasteiger partial charge < -0.3 is 4.74 Å². The lowest BCUT2D eigenvalue weighted by atomic mass is 10.0. The van der Waals surface area contributed by atoms with E-state index in [1.165, 1.54) is 20.0 Å². The van der Waals surface area contributed by atoms with Crippen LogP contribution in [0.2, 0.25) is 0 Å². The summed E-state index contributed by atoms with van der Waals surface area (Å²) < 4.78 is 4.59. The molecule has 2 rings (SSSR count). The first-order valence-corrected chi connectivity index (χ1v) is 5.22. The second kappa shape index (κ2) is 4.38. The van der Waals surface area contributed by atoms with Crippen molar-refractivity contribution in [2.75, 3.05) is 7.11 Å². The van der Waals surface area contributed by atoms with Gasteiger partial charge in [-0.05, 0) is 18.9 Å². The summed E-state index contributed by atoms with van der Waals surface area (Å²) in [5, 5.41) is 0. The Labute approximate surface area is 88.7 Å². The van der Waals surface area contributed by atoms with E-state index in [1.54, 1.807) is 6.20 Å². The van der Waals surface area contributed by atoms with E-state index in [2.05, 4.69) is 14.7 Å². The van der Waals surface area contributed by atoms with Crippen molar-refractivity contribution in [3.05, 3.63) is 23.8 Å². The normalized spacial score (nSPS) is 16.6. The smallest absolute Gasteiger partial charge is 0.376 e. The number of carbonyl (C=O) groups excluding carboxylic acids is 1. The van der Waals surface area contributed by atoms with Gasteiger partial charge in [0.25, 0.3) is 0 Å². The third-order valence-electron chi connectivity index (χ3n) is 2.82. The molecule has 0 spiro atoms. The molecule has 4 nitrogen and oxygen atoms in total. The van der Waals surface area contributed by atoms with Crippen LogP contribution in [0, 0.1) is 0 Å². The van der Waals surface area contributed by atoms with Gasteiger partial charge in [0, 0.05) is 17.8 Å². The molecule has 0 radical (unpaired) electrons. The standard InChI is InChI=1S/C11H14N2O2/c1-15-11(14)10-12-7-6-9(13-10)8-4-2-3-5-8/h6-8H,2-5H2,1H3. The average Bonchev–Trinajstić information content (AvgIpc) is 2.82. The molecule has 0 atom stereocenters. The van der Waals surface area contributed by atoms with Gasteiger partial charge in [-0.2, -0.15) is 0 Å². The molecule has 0 unspecified atom stereocenters. The lowest BCUT2D eigenvalue weighted by Gasteiger charge is -2.08. The van der Waals surface area contributed by atoms with Crippen LogP contribution in [0.15, 0.2) is 12.3 Å². The molecule has 4 heteroatoms. The molecule has 1 fully saturated rings. The molecule has 0 aliphatic heterocycles. The number of esters is 1. The SMILES string of the molecule is COC(=O)c1nccc(C2CCCC2)n1. The van der Waals surface area contributed by atoms with Crippen LogP contribution in [-0.2, 0) is 4.74 Å². The number of hydrogen-bond donors (Lipinski definition) is 0. The Kier molecular flexibility index (Phi) is 2.94. The van der Waals surface area contributed by atoms with Crippen molar-refractivity contribution in [1.82, 2.24) is 9.97 Å². The van der Waals surface area contributed by atoms with Gasteiger partial charge in [0.15, 0.2) is 0 Å². The molecule has 1 aromatic heterocycles. The number of methoxy groups -OCH3 is 1. The van der Waals surface area contributed by atoms with Crippen LogP contribution in [0.4, 0.5) is 0 Å². The highest BCUT2D eigenvalue weighted by Crippen LogP contribution is 2.32. The topological polar surface area (TPSA) is 52.1 Å². The van der Waals surface area contributed by atoms with E-state index in [4.69, 9.17) is 0 Å². The quantitative estimate of drug-likeness (QED) is 0.694. The zero-order valence-corrected chi connectivity index (χ0v) is 8.77. The summed E-state index contributed by atoms with van der Waals surface area (Å²) in [6.45, 7) is 0. The van der Waals surface area contributed by atoms with Crippen LogP contribution in [-0.4, -0.2) is 23.0 Å². The van der Waals surface area contributed by atoms with Crippen LogP contribution in [0.25, 0.3) is 0 Å². The van der Waals surface area contributed by atoms with E-state index in [1.807, 2.05) is 6.07 Å². The van der Waals surface area contributed by atoms with Crippen molar-refractivity contribution in [3.8, 4) is 0 Å². The van der Waals surface area contributed by atoms with Crippen LogP contribution >= 0.6 is 0 Å². The third kappa shape index (κ3) is 2.14. The Bertz CT molecular complexity index is 359. The predicted octanol–water partition coefficient (Wildman–Crippen LogP) is 1.92. The summed E-state index contributed by atoms with van der Waals surface area (Å²) in [5.74, 6) is 0.202. The number of rotatable bonds is 2. The van der Waals surface area contributed by atoms with Gasteiger partial charge in [0.05, 0.1) is 7.11 Å². The predicted molar refractivity (Wildman–Crippen MR) is 54.6 cm³/mol. The Balaban J connectivity index is 2.21. The molecule has 0 aromatic carbocycles.